The molecule has 23 heavy (non-hydrogen) atoms. The van der Waals surface area contributed by atoms with Crippen molar-refractivity contribution >= 4 is 23.6 Å². The molecule has 1 aromatic carbocycles. The maximum atomic E-state index is 12.6. The van der Waals surface area contributed by atoms with Crippen LogP contribution in [0.15, 0.2) is 24.3 Å². The number of carboxylic acids is 1. The number of aliphatic carboxylic acids is 1. The summed E-state index contributed by atoms with van der Waals surface area (Å²) in [6.45, 7) is -0.555. The van der Waals surface area contributed by atoms with Crippen molar-refractivity contribution in [3.8, 4) is 5.75 Å². The molecule has 1 amide bonds. The molecule has 2 N–H and O–H groups in total. The Labute approximate surface area is 134 Å². The Morgan fingerprint density at radius 3 is 2.70 bits per heavy atom. The van der Waals surface area contributed by atoms with Gasteiger partial charge in [-0.25, -0.2) is 4.79 Å². The molecule has 0 bridgehead atoms. The van der Waals surface area contributed by atoms with Gasteiger partial charge in [-0.15, -0.1) is 0 Å². The maximum absolute atomic E-state index is 12.6. The first kappa shape index (κ1) is 17.5. The van der Waals surface area contributed by atoms with Gasteiger partial charge in [0.25, 0.3) is 5.91 Å². The van der Waals surface area contributed by atoms with Gasteiger partial charge in [0.2, 0.25) is 0 Å². The first-order valence-corrected chi connectivity index (χ1v) is 7.81. The minimum absolute atomic E-state index is 0.111. The summed E-state index contributed by atoms with van der Waals surface area (Å²) < 4.78 is 42.7. The first-order chi connectivity index (χ1) is 10.7. The smallest absolute Gasteiger partial charge is 0.416 e. The first-order valence-electron chi connectivity index (χ1n) is 6.65. The van der Waals surface area contributed by atoms with Crippen molar-refractivity contribution in [3.05, 3.63) is 29.8 Å². The predicted octanol–water partition coefficient (Wildman–Crippen LogP) is 2.16. The zero-order chi connectivity index (χ0) is 17.1. The number of amides is 1. The van der Waals surface area contributed by atoms with Crippen LogP contribution in [0.3, 0.4) is 0 Å². The fraction of sp³-hybridized carbons (Fsp3) is 0.429. The molecule has 0 radical (unpaired) electrons. The summed E-state index contributed by atoms with van der Waals surface area (Å²) >= 11 is 1.41. The van der Waals surface area contributed by atoms with Gasteiger partial charge in [0.1, 0.15) is 11.3 Å². The monoisotopic (exact) mass is 349 g/mol. The van der Waals surface area contributed by atoms with Crippen molar-refractivity contribution in [2.24, 2.45) is 0 Å². The van der Waals surface area contributed by atoms with E-state index in [1.807, 2.05) is 0 Å². The molecule has 1 atom stereocenters. The molecule has 1 aliphatic heterocycles. The lowest BCUT2D eigenvalue weighted by Gasteiger charge is -2.24. The van der Waals surface area contributed by atoms with E-state index in [1.165, 1.54) is 23.9 Å². The van der Waals surface area contributed by atoms with Crippen LogP contribution in [0.1, 0.15) is 12.0 Å². The number of halogens is 3. The number of benzene rings is 1. The molecule has 0 aromatic heterocycles. The number of ether oxygens (including phenoxy) is 1. The van der Waals surface area contributed by atoms with E-state index in [2.05, 4.69) is 5.32 Å². The van der Waals surface area contributed by atoms with E-state index in [-0.39, 0.29) is 11.5 Å². The Balaban J connectivity index is 1.96. The Hall–Kier alpha value is -1.90. The van der Waals surface area contributed by atoms with Crippen LogP contribution in [0.25, 0.3) is 0 Å². The average molecular weight is 349 g/mol. The van der Waals surface area contributed by atoms with Crippen molar-refractivity contribution in [3.63, 3.8) is 0 Å². The third-order valence-electron chi connectivity index (χ3n) is 3.34. The number of carbonyl (C=O) groups is 2. The predicted molar refractivity (Wildman–Crippen MR) is 77.4 cm³/mol. The SMILES string of the molecule is O=C(COc1cccc(C(F)(F)F)c1)NC1(C(=O)O)CCSC1. The van der Waals surface area contributed by atoms with Crippen LogP contribution in [0.4, 0.5) is 13.2 Å². The van der Waals surface area contributed by atoms with Gasteiger partial charge in [0, 0.05) is 5.75 Å². The van der Waals surface area contributed by atoms with E-state index in [4.69, 9.17) is 4.74 Å². The van der Waals surface area contributed by atoms with Crippen LogP contribution in [-0.4, -0.2) is 40.6 Å². The van der Waals surface area contributed by atoms with Gasteiger partial charge in [0.15, 0.2) is 6.61 Å². The van der Waals surface area contributed by atoms with Crippen LogP contribution in [0, 0.1) is 0 Å². The molecule has 0 aliphatic carbocycles. The lowest BCUT2D eigenvalue weighted by Crippen LogP contribution is -2.55. The Kier molecular flexibility index (Phi) is 5.08. The number of hydrogen-bond acceptors (Lipinski definition) is 4. The van der Waals surface area contributed by atoms with E-state index < -0.39 is 35.8 Å². The minimum Gasteiger partial charge on any atom is -0.484 e. The number of nitrogens with one attached hydrogen (secondary N) is 1. The highest BCUT2D eigenvalue weighted by molar-refractivity contribution is 7.99. The number of carbonyl (C=O) groups excluding carboxylic acids is 1. The second kappa shape index (κ2) is 6.69. The summed E-state index contributed by atoms with van der Waals surface area (Å²) in [7, 11) is 0. The van der Waals surface area contributed by atoms with Crippen LogP contribution in [0.5, 0.6) is 5.75 Å². The second-order valence-corrected chi connectivity index (χ2v) is 6.16. The number of carboxylic acid groups (broad SMARTS) is 1. The summed E-state index contributed by atoms with van der Waals surface area (Å²) in [5, 5.41) is 11.6. The highest BCUT2D eigenvalue weighted by Gasteiger charge is 2.43. The highest BCUT2D eigenvalue weighted by atomic mass is 32.2. The van der Waals surface area contributed by atoms with Crippen molar-refractivity contribution in [2.75, 3.05) is 18.1 Å². The molecule has 1 fully saturated rings. The van der Waals surface area contributed by atoms with E-state index in [0.29, 0.717) is 12.2 Å². The lowest BCUT2D eigenvalue weighted by molar-refractivity contribution is -0.146. The highest BCUT2D eigenvalue weighted by Crippen LogP contribution is 2.31. The molecule has 0 saturated carbocycles. The molecule has 9 heteroatoms. The van der Waals surface area contributed by atoms with Crippen molar-refractivity contribution in [1.29, 1.82) is 0 Å². The standard InChI is InChI=1S/C14H14F3NO4S/c15-14(16,17)9-2-1-3-10(6-9)22-7-11(19)18-13(12(20)21)4-5-23-8-13/h1-3,6H,4-5,7-8H2,(H,18,19)(H,20,21). The second-order valence-electron chi connectivity index (χ2n) is 5.05. The Morgan fingerprint density at radius 1 is 1.39 bits per heavy atom. The third kappa shape index (κ3) is 4.31. The fourth-order valence-corrected chi connectivity index (χ4v) is 3.43. The summed E-state index contributed by atoms with van der Waals surface area (Å²) in [5.74, 6) is -1.07. The number of alkyl halides is 3. The van der Waals surface area contributed by atoms with E-state index in [9.17, 15) is 27.9 Å². The Morgan fingerprint density at radius 2 is 2.13 bits per heavy atom. The molecule has 0 spiro atoms. The molecule has 2 rings (SSSR count). The number of thioether (sulfide) groups is 1. The quantitative estimate of drug-likeness (QED) is 0.852. The topological polar surface area (TPSA) is 75.6 Å². The molecule has 1 unspecified atom stereocenters. The minimum atomic E-state index is -4.50. The molecule has 126 valence electrons. The van der Waals surface area contributed by atoms with Gasteiger partial charge < -0.3 is 15.2 Å². The van der Waals surface area contributed by atoms with Crippen molar-refractivity contribution in [2.45, 2.75) is 18.1 Å². The van der Waals surface area contributed by atoms with Gasteiger partial charge in [-0.3, -0.25) is 4.79 Å². The van der Waals surface area contributed by atoms with Crippen LogP contribution in [0.2, 0.25) is 0 Å². The van der Waals surface area contributed by atoms with Crippen LogP contribution < -0.4 is 10.1 Å². The average Bonchev–Trinajstić information content (AvgIpc) is 2.94. The number of hydrogen-bond donors (Lipinski definition) is 2. The van der Waals surface area contributed by atoms with Crippen LogP contribution >= 0.6 is 11.8 Å². The summed E-state index contributed by atoms with van der Waals surface area (Å²) in [4.78, 5) is 23.1. The molecular formula is C14H14F3NO4S. The van der Waals surface area contributed by atoms with Crippen LogP contribution in [-0.2, 0) is 15.8 Å². The molecule has 1 aromatic rings. The zero-order valence-corrected chi connectivity index (χ0v) is 12.7. The summed E-state index contributed by atoms with van der Waals surface area (Å²) in [5.41, 5.74) is -2.22. The van der Waals surface area contributed by atoms with E-state index in [0.717, 1.165) is 12.1 Å². The van der Waals surface area contributed by atoms with Crippen molar-refractivity contribution < 1.29 is 32.6 Å². The van der Waals surface area contributed by atoms with E-state index in [1.54, 1.807) is 0 Å². The largest absolute Gasteiger partial charge is 0.484 e. The summed E-state index contributed by atoms with van der Waals surface area (Å²) in [6.07, 6.45) is -4.21. The lowest BCUT2D eigenvalue weighted by atomic mass is 9.99. The Bertz CT molecular complexity index is 600. The fourth-order valence-electron chi connectivity index (χ4n) is 2.10. The normalized spacial score (nSPS) is 21.0. The zero-order valence-electron chi connectivity index (χ0n) is 11.9. The van der Waals surface area contributed by atoms with Crippen molar-refractivity contribution in [1.82, 2.24) is 5.32 Å². The summed E-state index contributed by atoms with van der Waals surface area (Å²) in [6, 6.07) is 4.14. The molecule has 1 heterocycles. The molecule has 1 saturated heterocycles. The third-order valence-corrected chi connectivity index (χ3v) is 4.53. The van der Waals surface area contributed by atoms with Gasteiger partial charge in [-0.1, -0.05) is 6.07 Å². The molecular weight excluding hydrogens is 335 g/mol. The number of rotatable bonds is 5. The molecule has 1 aliphatic rings. The van der Waals surface area contributed by atoms with Gasteiger partial charge in [-0.2, -0.15) is 24.9 Å². The maximum Gasteiger partial charge on any atom is 0.416 e. The molecule has 5 nitrogen and oxygen atoms in total. The van der Waals surface area contributed by atoms with Gasteiger partial charge in [0.05, 0.1) is 5.56 Å². The van der Waals surface area contributed by atoms with E-state index >= 15 is 0 Å². The van der Waals surface area contributed by atoms with Gasteiger partial charge >= 0.3 is 12.1 Å². The van der Waals surface area contributed by atoms with Gasteiger partial charge in [-0.05, 0) is 30.4 Å².